The van der Waals surface area contributed by atoms with Gasteiger partial charge >= 0.3 is 0 Å². The second-order valence-electron chi connectivity index (χ2n) is 16.8. The quantitative estimate of drug-likeness (QED) is 0.0770. The zero-order valence-corrected chi connectivity index (χ0v) is 33.4. The van der Waals surface area contributed by atoms with Crippen molar-refractivity contribution >= 4 is 0 Å². The first kappa shape index (κ1) is 50.0. The maximum absolute atomic E-state index is 10.8. The van der Waals surface area contributed by atoms with Crippen molar-refractivity contribution in [1.82, 2.24) is 0 Å². The Kier molecular flexibility index (Phi) is 17.4. The Morgan fingerprint density at radius 1 is 0.367 bits per heavy atom. The number of hydrogen-bond acceptors (Lipinski definition) is 26. The Morgan fingerprint density at radius 3 is 0.833 bits per heavy atom. The smallest absolute Gasteiger partial charge is 0.176 e. The number of hydrogen-bond donors (Lipinski definition) is 16. The van der Waals surface area contributed by atoms with Gasteiger partial charge in [-0.3, -0.25) is 0 Å². The van der Waals surface area contributed by atoms with Crippen molar-refractivity contribution in [2.24, 2.45) is 28.7 Å². The van der Waals surface area contributed by atoms with Gasteiger partial charge in [0.1, 0.15) is 91.6 Å². The topological polar surface area (TPSA) is 445 Å². The Morgan fingerprint density at radius 2 is 0.583 bits per heavy atom. The Labute approximate surface area is 344 Å². The molecule has 0 aliphatic carbocycles. The highest BCUT2D eigenvalue weighted by molar-refractivity contribution is 4.98. The van der Waals surface area contributed by atoms with Crippen LogP contribution in [0.4, 0.5) is 0 Å². The minimum absolute atomic E-state index is 0.423. The van der Waals surface area contributed by atoms with Crippen molar-refractivity contribution in [2.75, 3.05) is 33.0 Å². The van der Waals surface area contributed by atoms with Crippen molar-refractivity contribution in [3.8, 4) is 0 Å². The molecule has 0 aromatic rings. The molecule has 352 valence electrons. The summed E-state index contributed by atoms with van der Waals surface area (Å²) in [4.78, 5) is 0. The Bertz CT molecular complexity index is 1330. The van der Waals surface area contributed by atoms with Crippen LogP contribution in [0.15, 0.2) is 0 Å². The summed E-state index contributed by atoms with van der Waals surface area (Å²) in [6, 6.07) is -6.38. The molecule has 5 aliphatic rings. The first-order chi connectivity index (χ1) is 28.1. The van der Waals surface area contributed by atoms with Crippen LogP contribution in [0.1, 0.15) is 20.8 Å². The zero-order valence-electron chi connectivity index (χ0n) is 33.4. The standard InChI is InChI=1S/C34H65N5O21/c1-34(2,3)60-33-18(39)28(50)23(45)13(59-33)8-54-32-17(38)27(49)22(44)12(58-32)7-53-31-16(37)26(48)21(43)11(57-31)6-52-30-15(36)25(47)20(42)10(56-30)5-51-29-14(35)24(46)19(41)9(4-40)55-29/h9-33,40-50H,4-8,35-39H2,1-3H3. The number of aliphatic hydroxyl groups excluding tert-OH is 11. The van der Waals surface area contributed by atoms with Crippen LogP contribution < -0.4 is 28.7 Å². The van der Waals surface area contributed by atoms with Gasteiger partial charge < -0.3 is 132 Å². The predicted molar refractivity (Wildman–Crippen MR) is 195 cm³/mol. The summed E-state index contributed by atoms with van der Waals surface area (Å²) < 4.78 is 57.1. The maximum atomic E-state index is 10.8. The van der Waals surface area contributed by atoms with Crippen molar-refractivity contribution in [2.45, 2.75) is 180 Å². The van der Waals surface area contributed by atoms with Crippen molar-refractivity contribution in [3.63, 3.8) is 0 Å². The van der Waals surface area contributed by atoms with Crippen molar-refractivity contribution in [1.29, 1.82) is 0 Å². The van der Waals surface area contributed by atoms with Gasteiger partial charge in [0.25, 0.3) is 0 Å². The van der Waals surface area contributed by atoms with Gasteiger partial charge in [-0.05, 0) is 20.8 Å². The molecule has 26 heteroatoms. The summed E-state index contributed by atoms with van der Waals surface area (Å²) in [5.74, 6) is 0. The van der Waals surface area contributed by atoms with Gasteiger partial charge in [0.15, 0.2) is 31.5 Å². The first-order valence-electron chi connectivity index (χ1n) is 19.7. The molecule has 5 fully saturated rings. The van der Waals surface area contributed by atoms with Crippen LogP contribution in [0.2, 0.25) is 0 Å². The monoisotopic (exact) mass is 879 g/mol. The molecule has 25 unspecified atom stereocenters. The van der Waals surface area contributed by atoms with Gasteiger partial charge in [0.2, 0.25) is 0 Å². The van der Waals surface area contributed by atoms with Crippen LogP contribution in [0.5, 0.6) is 0 Å². The van der Waals surface area contributed by atoms with E-state index in [0.717, 1.165) is 0 Å². The van der Waals surface area contributed by atoms with Crippen LogP contribution in [0.3, 0.4) is 0 Å². The molecule has 25 atom stereocenters. The van der Waals surface area contributed by atoms with E-state index in [4.69, 9.17) is 76.0 Å². The molecule has 0 radical (unpaired) electrons. The van der Waals surface area contributed by atoms with E-state index in [1.807, 2.05) is 0 Å². The predicted octanol–water partition coefficient (Wildman–Crippen LogP) is -10.3. The molecule has 0 saturated carbocycles. The molecule has 0 amide bonds. The molecule has 26 nitrogen and oxygen atoms in total. The normalized spacial score (nSPS) is 50.8. The summed E-state index contributed by atoms with van der Waals surface area (Å²) in [6.45, 7) is 2.56. The molecule has 0 aromatic carbocycles. The van der Waals surface area contributed by atoms with Gasteiger partial charge in [0, 0.05) is 0 Å². The van der Waals surface area contributed by atoms with Gasteiger partial charge in [-0.1, -0.05) is 0 Å². The number of rotatable bonds is 14. The molecular formula is C34H65N5O21. The summed E-state index contributed by atoms with van der Waals surface area (Å²) >= 11 is 0. The lowest BCUT2D eigenvalue weighted by Gasteiger charge is -2.45. The largest absolute Gasteiger partial charge is 0.394 e. The van der Waals surface area contributed by atoms with Crippen LogP contribution in [-0.2, 0) is 47.4 Å². The zero-order chi connectivity index (χ0) is 44.5. The fourth-order valence-electron chi connectivity index (χ4n) is 7.28. The maximum Gasteiger partial charge on any atom is 0.176 e. The fourth-order valence-corrected chi connectivity index (χ4v) is 7.28. The lowest BCUT2D eigenvalue weighted by atomic mass is 9.96. The summed E-state index contributed by atoms with van der Waals surface area (Å²) in [7, 11) is 0. The molecule has 0 spiro atoms. The van der Waals surface area contributed by atoms with Crippen LogP contribution >= 0.6 is 0 Å². The third kappa shape index (κ3) is 11.2. The third-order valence-corrected chi connectivity index (χ3v) is 11.1. The molecule has 5 aliphatic heterocycles. The molecule has 5 rings (SSSR count). The second-order valence-corrected chi connectivity index (χ2v) is 16.8. The molecule has 5 saturated heterocycles. The van der Waals surface area contributed by atoms with E-state index in [9.17, 15) is 56.2 Å². The summed E-state index contributed by atoms with van der Waals surface area (Å²) in [5, 5.41) is 115. The van der Waals surface area contributed by atoms with E-state index < -0.39 is 192 Å². The molecule has 0 aromatic heterocycles. The average molecular weight is 880 g/mol. The van der Waals surface area contributed by atoms with E-state index in [1.165, 1.54) is 0 Å². The average Bonchev–Trinajstić information content (AvgIpc) is 3.20. The van der Waals surface area contributed by atoms with E-state index >= 15 is 0 Å². The highest BCUT2D eigenvalue weighted by Gasteiger charge is 2.51. The first-order valence-corrected chi connectivity index (χ1v) is 19.7. The highest BCUT2D eigenvalue weighted by atomic mass is 16.8. The van der Waals surface area contributed by atoms with E-state index in [-0.39, 0.29) is 0 Å². The highest BCUT2D eigenvalue weighted by Crippen LogP contribution is 2.30. The van der Waals surface area contributed by atoms with Crippen LogP contribution in [0, 0.1) is 0 Å². The number of ether oxygens (including phenoxy) is 10. The van der Waals surface area contributed by atoms with Gasteiger partial charge in [-0.25, -0.2) is 0 Å². The van der Waals surface area contributed by atoms with Gasteiger partial charge in [0.05, 0.1) is 68.8 Å². The van der Waals surface area contributed by atoms with Crippen LogP contribution in [0.25, 0.3) is 0 Å². The van der Waals surface area contributed by atoms with Gasteiger partial charge in [-0.15, -0.1) is 0 Å². The Balaban J connectivity index is 1.15. The second kappa shape index (κ2) is 20.9. The van der Waals surface area contributed by atoms with Crippen molar-refractivity contribution in [3.05, 3.63) is 0 Å². The molecule has 0 bridgehead atoms. The molecule has 5 heterocycles. The SMILES string of the molecule is CC(C)(C)OC1OC(COC2OC(COC3OC(COC4OC(COC5OC(CO)C(O)C(O)C5N)C(O)C(O)C4N)C(O)C(O)C3N)C(O)C(O)C2N)C(O)C(O)C1N. The molecule has 21 N–H and O–H groups in total. The number of aliphatic hydroxyl groups is 11. The molecular weight excluding hydrogens is 814 g/mol. The summed E-state index contributed by atoms with van der Waals surface area (Å²) in [5.41, 5.74) is 29.5. The minimum atomic E-state index is -1.66. The lowest BCUT2D eigenvalue weighted by Crippen LogP contribution is -2.66. The van der Waals surface area contributed by atoms with E-state index in [0.29, 0.717) is 0 Å². The van der Waals surface area contributed by atoms with E-state index in [2.05, 4.69) is 0 Å². The fraction of sp³-hybridized carbons (Fsp3) is 1.00. The number of nitrogens with two attached hydrogens (primary N) is 5. The minimum Gasteiger partial charge on any atom is -0.394 e. The van der Waals surface area contributed by atoms with E-state index in [1.54, 1.807) is 20.8 Å². The third-order valence-electron chi connectivity index (χ3n) is 11.1. The van der Waals surface area contributed by atoms with Crippen molar-refractivity contribution < 1.29 is 104 Å². The van der Waals surface area contributed by atoms with Crippen LogP contribution in [-0.4, -0.2) is 248 Å². The molecule has 60 heavy (non-hydrogen) atoms. The lowest BCUT2D eigenvalue weighted by molar-refractivity contribution is -0.324. The Hall–Kier alpha value is -1.04. The summed E-state index contributed by atoms with van der Waals surface area (Å²) in [6.07, 6.45) is -29.1. The van der Waals surface area contributed by atoms with Gasteiger partial charge in [-0.2, -0.15) is 0 Å².